The molecule has 9 heteroatoms. The number of nitrogens with two attached hydrogens (primary N) is 1. The molecule has 0 bridgehead atoms. The van der Waals surface area contributed by atoms with Crippen molar-refractivity contribution in [1.82, 2.24) is 4.72 Å². The molecule has 1 atom stereocenters. The maximum absolute atomic E-state index is 13.8. The molecule has 1 unspecified atom stereocenters. The predicted molar refractivity (Wildman–Crippen MR) is 74.8 cm³/mol. The Bertz CT molecular complexity index is 743. The summed E-state index contributed by atoms with van der Waals surface area (Å²) in [5.74, 6) is -0.443. The van der Waals surface area contributed by atoms with E-state index in [1.807, 2.05) is 6.92 Å². The van der Waals surface area contributed by atoms with Gasteiger partial charge in [0.15, 0.2) is 0 Å². The molecule has 6 nitrogen and oxygen atoms in total. The lowest BCUT2D eigenvalue weighted by molar-refractivity contribution is 0.489. The highest BCUT2D eigenvalue weighted by Crippen LogP contribution is 2.36. The standard InChI is InChI=1S/C12H17FN2O4S2/c1-8(9-2-3-9)7-15-21(18,19)12-5-4-10(6-11(12)13)20(14,16)17/h4-6,8-9,15H,2-3,7H2,1H3,(H2,14,16,17). The number of sulfonamides is 2. The van der Waals surface area contributed by atoms with Gasteiger partial charge in [-0.1, -0.05) is 6.92 Å². The molecule has 3 N–H and O–H groups in total. The zero-order valence-electron chi connectivity index (χ0n) is 11.4. The molecular formula is C12H17FN2O4S2. The summed E-state index contributed by atoms with van der Waals surface area (Å²) in [6.07, 6.45) is 2.17. The lowest BCUT2D eigenvalue weighted by atomic mass is 10.1. The third kappa shape index (κ3) is 4.00. The summed E-state index contributed by atoms with van der Waals surface area (Å²) in [7, 11) is -8.09. The third-order valence-electron chi connectivity index (χ3n) is 3.54. The van der Waals surface area contributed by atoms with Gasteiger partial charge in [-0.3, -0.25) is 0 Å². The van der Waals surface area contributed by atoms with E-state index in [1.54, 1.807) is 0 Å². The van der Waals surface area contributed by atoms with Crippen LogP contribution < -0.4 is 9.86 Å². The van der Waals surface area contributed by atoms with Crippen molar-refractivity contribution in [2.45, 2.75) is 29.6 Å². The SMILES string of the molecule is CC(CNS(=O)(=O)c1ccc(S(N)(=O)=O)cc1F)C1CC1. The first-order chi connectivity index (χ1) is 9.61. The first-order valence-electron chi connectivity index (χ1n) is 6.43. The Kier molecular flexibility index (Phi) is 4.39. The molecule has 118 valence electrons. The fourth-order valence-electron chi connectivity index (χ4n) is 2.03. The van der Waals surface area contributed by atoms with Crippen LogP contribution in [0.2, 0.25) is 0 Å². The van der Waals surface area contributed by atoms with Crippen LogP contribution in [0.15, 0.2) is 28.0 Å². The molecule has 2 rings (SSSR count). The van der Waals surface area contributed by atoms with Gasteiger partial charge in [0.05, 0.1) is 4.90 Å². The highest BCUT2D eigenvalue weighted by atomic mass is 32.2. The number of halogens is 1. The molecule has 1 aromatic rings. The number of hydrogen-bond acceptors (Lipinski definition) is 4. The van der Waals surface area contributed by atoms with E-state index in [2.05, 4.69) is 4.72 Å². The summed E-state index contributed by atoms with van der Waals surface area (Å²) in [5.41, 5.74) is 0. The van der Waals surface area contributed by atoms with Gasteiger partial charge >= 0.3 is 0 Å². The van der Waals surface area contributed by atoms with Gasteiger partial charge in [-0.2, -0.15) is 0 Å². The Balaban J connectivity index is 2.19. The highest BCUT2D eigenvalue weighted by molar-refractivity contribution is 7.89. The molecule has 0 aromatic heterocycles. The first kappa shape index (κ1) is 16.3. The topological polar surface area (TPSA) is 106 Å². The molecule has 21 heavy (non-hydrogen) atoms. The van der Waals surface area contributed by atoms with Crippen LogP contribution in [0.4, 0.5) is 4.39 Å². The number of benzene rings is 1. The average molecular weight is 336 g/mol. The highest BCUT2D eigenvalue weighted by Gasteiger charge is 2.29. The van der Waals surface area contributed by atoms with Crippen molar-refractivity contribution >= 4 is 20.0 Å². The van der Waals surface area contributed by atoms with Crippen molar-refractivity contribution in [3.63, 3.8) is 0 Å². The van der Waals surface area contributed by atoms with Crippen LogP contribution in [0.3, 0.4) is 0 Å². The normalized spacial score (nSPS) is 17.7. The van der Waals surface area contributed by atoms with Crippen molar-refractivity contribution in [3.05, 3.63) is 24.0 Å². The minimum atomic E-state index is -4.07. The summed E-state index contributed by atoms with van der Waals surface area (Å²) in [6.45, 7) is 2.16. The van der Waals surface area contributed by atoms with Crippen LogP contribution in [0, 0.1) is 17.7 Å². The minimum absolute atomic E-state index is 0.187. The van der Waals surface area contributed by atoms with Gasteiger partial charge in [-0.25, -0.2) is 31.1 Å². The van der Waals surface area contributed by atoms with Crippen LogP contribution >= 0.6 is 0 Å². The fraction of sp³-hybridized carbons (Fsp3) is 0.500. The van der Waals surface area contributed by atoms with E-state index in [4.69, 9.17) is 5.14 Å². The van der Waals surface area contributed by atoms with Gasteiger partial charge in [-0.05, 0) is 42.9 Å². The molecule has 1 aromatic carbocycles. The second-order valence-electron chi connectivity index (χ2n) is 5.30. The Morgan fingerprint density at radius 3 is 2.43 bits per heavy atom. The summed E-state index contributed by atoms with van der Waals surface area (Å²) in [4.78, 5) is -1.05. The van der Waals surface area contributed by atoms with E-state index in [-0.39, 0.29) is 12.5 Å². The van der Waals surface area contributed by atoms with Crippen molar-refractivity contribution < 1.29 is 21.2 Å². The Hall–Kier alpha value is -1.03. The molecule has 0 radical (unpaired) electrons. The molecule has 0 saturated heterocycles. The first-order valence-corrected chi connectivity index (χ1v) is 9.46. The van der Waals surface area contributed by atoms with Gasteiger partial charge in [0.25, 0.3) is 0 Å². The second-order valence-corrected chi connectivity index (χ2v) is 8.60. The van der Waals surface area contributed by atoms with Gasteiger partial charge < -0.3 is 0 Å². The quantitative estimate of drug-likeness (QED) is 0.801. The van der Waals surface area contributed by atoms with E-state index in [9.17, 15) is 21.2 Å². The van der Waals surface area contributed by atoms with Crippen LogP contribution in [0.25, 0.3) is 0 Å². The number of hydrogen-bond donors (Lipinski definition) is 2. The average Bonchev–Trinajstić information content (AvgIpc) is 3.18. The van der Waals surface area contributed by atoms with Crippen molar-refractivity contribution in [2.24, 2.45) is 17.0 Å². The fourth-order valence-corrected chi connectivity index (χ4v) is 3.75. The lowest BCUT2D eigenvalue weighted by Crippen LogP contribution is -2.30. The zero-order valence-corrected chi connectivity index (χ0v) is 13.0. The smallest absolute Gasteiger partial charge is 0.225 e. The molecule has 0 spiro atoms. The van der Waals surface area contributed by atoms with E-state index >= 15 is 0 Å². The molecule has 1 fully saturated rings. The molecule has 0 amide bonds. The Labute approximate surface area is 123 Å². The molecule has 1 saturated carbocycles. The largest absolute Gasteiger partial charge is 0.243 e. The third-order valence-corrected chi connectivity index (χ3v) is 5.91. The Morgan fingerprint density at radius 2 is 1.95 bits per heavy atom. The van der Waals surface area contributed by atoms with Gasteiger partial charge in [0.1, 0.15) is 10.7 Å². The molecule has 0 heterocycles. The number of rotatable bonds is 6. The van der Waals surface area contributed by atoms with Crippen molar-refractivity contribution in [2.75, 3.05) is 6.54 Å². The van der Waals surface area contributed by atoms with Crippen molar-refractivity contribution in [1.29, 1.82) is 0 Å². The monoisotopic (exact) mass is 336 g/mol. The van der Waals surface area contributed by atoms with Gasteiger partial charge in [0, 0.05) is 6.54 Å². The number of primary sulfonamides is 1. The molecule has 0 aliphatic heterocycles. The van der Waals surface area contributed by atoms with E-state index < -0.39 is 35.7 Å². The van der Waals surface area contributed by atoms with Crippen LogP contribution in [0.5, 0.6) is 0 Å². The van der Waals surface area contributed by atoms with Crippen LogP contribution in [-0.4, -0.2) is 23.4 Å². The van der Waals surface area contributed by atoms with E-state index in [0.29, 0.717) is 12.0 Å². The lowest BCUT2D eigenvalue weighted by Gasteiger charge is -2.12. The van der Waals surface area contributed by atoms with Gasteiger partial charge in [-0.15, -0.1) is 0 Å². The van der Waals surface area contributed by atoms with E-state index in [0.717, 1.165) is 25.0 Å². The number of nitrogens with one attached hydrogen (secondary N) is 1. The molecule has 1 aliphatic carbocycles. The summed E-state index contributed by atoms with van der Waals surface area (Å²) in [6, 6.07) is 2.48. The summed E-state index contributed by atoms with van der Waals surface area (Å²) >= 11 is 0. The van der Waals surface area contributed by atoms with Crippen molar-refractivity contribution in [3.8, 4) is 0 Å². The maximum Gasteiger partial charge on any atom is 0.243 e. The maximum atomic E-state index is 13.8. The van der Waals surface area contributed by atoms with Gasteiger partial charge in [0.2, 0.25) is 20.0 Å². The minimum Gasteiger partial charge on any atom is -0.225 e. The molecule has 1 aliphatic rings. The molecular weight excluding hydrogens is 319 g/mol. The summed E-state index contributed by atoms with van der Waals surface area (Å²) < 4.78 is 62.4. The second kappa shape index (κ2) is 5.64. The van der Waals surface area contributed by atoms with Crippen LogP contribution in [-0.2, 0) is 20.0 Å². The summed E-state index contributed by atoms with van der Waals surface area (Å²) in [5, 5.41) is 4.86. The zero-order chi connectivity index (χ0) is 15.8. The Morgan fingerprint density at radius 1 is 1.33 bits per heavy atom. The van der Waals surface area contributed by atoms with Crippen LogP contribution in [0.1, 0.15) is 19.8 Å². The predicted octanol–water partition coefficient (Wildman–Crippen LogP) is 0.797. The van der Waals surface area contributed by atoms with E-state index in [1.165, 1.54) is 0 Å².